The number of anilines is 2. The predicted molar refractivity (Wildman–Crippen MR) is 107 cm³/mol. The van der Waals surface area contributed by atoms with Crippen LogP contribution in [-0.4, -0.2) is 29.0 Å². The minimum atomic E-state index is -0.244. The van der Waals surface area contributed by atoms with Crippen molar-refractivity contribution in [1.82, 2.24) is 9.97 Å². The van der Waals surface area contributed by atoms with Gasteiger partial charge in [0.25, 0.3) is 5.89 Å². The lowest BCUT2D eigenvalue weighted by Crippen LogP contribution is -2.38. The number of nitrogens with one attached hydrogen (secondary N) is 2. The zero-order chi connectivity index (χ0) is 20.4. The van der Waals surface area contributed by atoms with Gasteiger partial charge in [0, 0.05) is 37.5 Å². The zero-order valence-corrected chi connectivity index (χ0v) is 16.7. The Kier molecular flexibility index (Phi) is 5.22. The molecule has 4 rings (SSSR count). The molecule has 0 bridgehead atoms. The van der Waals surface area contributed by atoms with Gasteiger partial charge in [-0.1, -0.05) is 0 Å². The molecule has 0 unspecified atom stereocenters. The Morgan fingerprint density at radius 1 is 1.31 bits per heavy atom. The van der Waals surface area contributed by atoms with Crippen LogP contribution in [0.15, 0.2) is 48.9 Å². The van der Waals surface area contributed by atoms with Crippen molar-refractivity contribution < 1.29 is 13.6 Å². The van der Waals surface area contributed by atoms with Crippen LogP contribution >= 0.6 is 15.9 Å². The second-order valence-corrected chi connectivity index (χ2v) is 7.34. The first kappa shape index (κ1) is 19.0. The predicted octanol–water partition coefficient (Wildman–Crippen LogP) is 3.11. The van der Waals surface area contributed by atoms with Gasteiger partial charge in [-0.2, -0.15) is 10.2 Å². The van der Waals surface area contributed by atoms with E-state index in [2.05, 4.69) is 31.2 Å². The number of hydrogen-bond acceptors (Lipinski definition) is 7. The number of carbonyl (C=O) groups is 1. The number of nitrogens with zero attached hydrogens (tertiary/aromatic N) is 3. The molecule has 0 aromatic carbocycles. The van der Waals surface area contributed by atoms with E-state index in [0.717, 1.165) is 0 Å². The number of aromatic amines is 1. The molecular weight excluding hydrogens is 442 g/mol. The van der Waals surface area contributed by atoms with Gasteiger partial charge < -0.3 is 24.0 Å². The molecule has 4 heterocycles. The fourth-order valence-corrected chi connectivity index (χ4v) is 3.53. The highest BCUT2D eigenvalue weighted by atomic mass is 79.9. The second kappa shape index (κ2) is 7.97. The fraction of sp³-hybridized carbons (Fsp3) is 0.263. The molecule has 148 valence electrons. The first-order chi connectivity index (χ1) is 14.0. The van der Waals surface area contributed by atoms with Crippen LogP contribution in [0.4, 0.5) is 11.6 Å². The smallest absolute Gasteiger partial charge is 0.266 e. The lowest BCUT2D eigenvalue weighted by Gasteiger charge is -2.30. The summed E-state index contributed by atoms with van der Waals surface area (Å²) in [4.78, 5) is 33.1. The summed E-state index contributed by atoms with van der Waals surface area (Å²) in [5.41, 5.74) is 0.161. The number of oxazole rings is 1. The average Bonchev–Trinajstić information content (AvgIpc) is 3.36. The van der Waals surface area contributed by atoms with Crippen LogP contribution in [0.2, 0.25) is 0 Å². The molecule has 10 heteroatoms. The fourth-order valence-electron chi connectivity index (χ4n) is 3.23. The quantitative estimate of drug-likeness (QED) is 0.615. The number of amides is 1. The van der Waals surface area contributed by atoms with Gasteiger partial charge in [0.05, 0.1) is 0 Å². The third-order valence-electron chi connectivity index (χ3n) is 4.73. The summed E-state index contributed by atoms with van der Waals surface area (Å²) in [6.45, 7) is 1.04. The number of aromatic nitrogens is 2. The van der Waals surface area contributed by atoms with Gasteiger partial charge in [-0.3, -0.25) is 9.59 Å². The minimum absolute atomic E-state index is 0.172. The van der Waals surface area contributed by atoms with Crippen LogP contribution < -0.4 is 15.6 Å². The summed E-state index contributed by atoms with van der Waals surface area (Å²) < 4.78 is 11.8. The van der Waals surface area contributed by atoms with E-state index in [0.29, 0.717) is 42.2 Å². The van der Waals surface area contributed by atoms with Crippen molar-refractivity contribution in [2.75, 3.05) is 23.3 Å². The molecule has 0 radical (unpaired) electrons. The topological polar surface area (TPSA) is 128 Å². The van der Waals surface area contributed by atoms with Crippen molar-refractivity contribution in [3.05, 3.63) is 51.2 Å². The molecule has 29 heavy (non-hydrogen) atoms. The van der Waals surface area contributed by atoms with Gasteiger partial charge in [0.2, 0.25) is 22.9 Å². The largest absolute Gasteiger partial charge is 0.444 e. The van der Waals surface area contributed by atoms with Crippen LogP contribution in [0.1, 0.15) is 18.5 Å². The molecule has 9 nitrogen and oxygen atoms in total. The van der Waals surface area contributed by atoms with Crippen molar-refractivity contribution >= 4 is 33.4 Å². The Bertz CT molecular complexity index is 1130. The minimum Gasteiger partial charge on any atom is -0.444 e. The maximum absolute atomic E-state index is 12.5. The van der Waals surface area contributed by atoms with Gasteiger partial charge >= 0.3 is 0 Å². The Labute approximate surface area is 173 Å². The van der Waals surface area contributed by atoms with Gasteiger partial charge in [-0.25, -0.2) is 0 Å². The molecule has 1 aliphatic heterocycles. The number of furan rings is 1. The Balaban J connectivity index is 1.44. The standard InChI is InChI=1S/C19H16BrN5O4/c20-16-2-1-15(28-16)18-24-12(9-21)19(29-18)25-7-4-11(5-8-25)17(27)23-13-10-22-6-3-14(13)26/h1-3,6,10-11H,4-5,7-8H2,(H,22,26)(H,23,27). The summed E-state index contributed by atoms with van der Waals surface area (Å²) in [7, 11) is 0. The highest BCUT2D eigenvalue weighted by Gasteiger charge is 2.29. The average molecular weight is 458 g/mol. The normalized spacial score (nSPS) is 14.6. The monoisotopic (exact) mass is 457 g/mol. The number of rotatable bonds is 4. The van der Waals surface area contributed by atoms with Crippen molar-refractivity contribution in [1.29, 1.82) is 5.26 Å². The van der Waals surface area contributed by atoms with Gasteiger partial charge in [0.15, 0.2) is 10.4 Å². The molecule has 3 aromatic rings. The van der Waals surface area contributed by atoms with E-state index < -0.39 is 0 Å². The van der Waals surface area contributed by atoms with Crippen molar-refractivity contribution in [3.8, 4) is 17.7 Å². The number of H-pyrrole nitrogens is 1. The third kappa shape index (κ3) is 3.95. The Hall–Kier alpha value is -3.32. The molecular formula is C19H16BrN5O4. The molecule has 1 aliphatic rings. The summed E-state index contributed by atoms with van der Waals surface area (Å²) in [5, 5.41) is 12.1. The third-order valence-corrected chi connectivity index (χ3v) is 5.16. The van der Waals surface area contributed by atoms with E-state index >= 15 is 0 Å². The maximum atomic E-state index is 12.5. The van der Waals surface area contributed by atoms with Crippen LogP contribution in [0, 0.1) is 17.2 Å². The van der Waals surface area contributed by atoms with Crippen LogP contribution in [0.3, 0.4) is 0 Å². The summed E-state index contributed by atoms with van der Waals surface area (Å²) in [5.74, 6) is 0.584. The first-order valence-corrected chi connectivity index (χ1v) is 9.74. The van der Waals surface area contributed by atoms with Crippen molar-refractivity contribution in [3.63, 3.8) is 0 Å². The van der Waals surface area contributed by atoms with E-state index in [9.17, 15) is 14.9 Å². The first-order valence-electron chi connectivity index (χ1n) is 8.94. The highest BCUT2D eigenvalue weighted by Crippen LogP contribution is 2.32. The summed E-state index contributed by atoms with van der Waals surface area (Å²) in [6.07, 6.45) is 4.10. The molecule has 0 saturated carbocycles. The van der Waals surface area contributed by atoms with E-state index in [4.69, 9.17) is 8.83 Å². The van der Waals surface area contributed by atoms with E-state index in [1.807, 2.05) is 11.0 Å². The summed E-state index contributed by atoms with van der Waals surface area (Å²) in [6, 6.07) is 6.82. The highest BCUT2D eigenvalue weighted by molar-refractivity contribution is 9.10. The number of pyridine rings is 1. The number of hydrogen-bond donors (Lipinski definition) is 2. The molecule has 1 fully saturated rings. The van der Waals surface area contributed by atoms with E-state index in [1.54, 1.807) is 12.1 Å². The maximum Gasteiger partial charge on any atom is 0.266 e. The lowest BCUT2D eigenvalue weighted by atomic mass is 9.96. The molecule has 1 saturated heterocycles. The van der Waals surface area contributed by atoms with Gasteiger partial charge in [0.1, 0.15) is 11.8 Å². The molecule has 0 atom stereocenters. The number of carbonyl (C=O) groups excluding carboxylic acids is 1. The molecule has 0 aliphatic carbocycles. The van der Waals surface area contributed by atoms with Crippen LogP contribution in [0.5, 0.6) is 0 Å². The van der Waals surface area contributed by atoms with Gasteiger partial charge in [-0.05, 0) is 40.9 Å². The van der Waals surface area contributed by atoms with E-state index in [-0.39, 0.29) is 34.5 Å². The number of nitriles is 1. The van der Waals surface area contributed by atoms with Crippen LogP contribution in [0.25, 0.3) is 11.7 Å². The summed E-state index contributed by atoms with van der Waals surface area (Å²) >= 11 is 3.23. The molecule has 3 aromatic heterocycles. The lowest BCUT2D eigenvalue weighted by molar-refractivity contribution is -0.120. The van der Waals surface area contributed by atoms with Gasteiger partial charge in [-0.15, -0.1) is 0 Å². The molecule has 1 amide bonds. The second-order valence-electron chi connectivity index (χ2n) is 6.56. The van der Waals surface area contributed by atoms with Crippen molar-refractivity contribution in [2.45, 2.75) is 12.8 Å². The Morgan fingerprint density at radius 3 is 2.76 bits per heavy atom. The van der Waals surface area contributed by atoms with Crippen LogP contribution in [-0.2, 0) is 4.79 Å². The van der Waals surface area contributed by atoms with Crippen molar-refractivity contribution in [2.24, 2.45) is 5.92 Å². The number of halogens is 1. The Morgan fingerprint density at radius 2 is 2.10 bits per heavy atom. The molecule has 2 N–H and O–H groups in total. The molecule has 0 spiro atoms. The zero-order valence-electron chi connectivity index (χ0n) is 15.1. The van der Waals surface area contributed by atoms with E-state index in [1.165, 1.54) is 18.5 Å². The SMILES string of the molecule is N#Cc1nc(-c2ccc(Br)o2)oc1N1CCC(C(=O)Nc2c[nH]ccc2=O)CC1. The number of piperidine rings is 1.